The van der Waals surface area contributed by atoms with Gasteiger partial charge in [-0.1, -0.05) is 0 Å². The summed E-state index contributed by atoms with van der Waals surface area (Å²) in [5.41, 5.74) is 0. The lowest BCUT2D eigenvalue weighted by atomic mass is 10.0. The van der Waals surface area contributed by atoms with Crippen LogP contribution < -0.4 is 0 Å². The van der Waals surface area contributed by atoms with Crippen molar-refractivity contribution in [2.24, 2.45) is 0 Å². The molecule has 11 heavy (non-hydrogen) atoms. The Labute approximate surface area is 63.8 Å². The molecule has 4 N–H and O–H groups in total. The van der Waals surface area contributed by atoms with Gasteiger partial charge < -0.3 is 25.2 Å². The molecule has 0 aromatic heterocycles. The van der Waals surface area contributed by atoms with Gasteiger partial charge >= 0.3 is 0 Å². The van der Waals surface area contributed by atoms with Gasteiger partial charge in [0.2, 0.25) is 0 Å². The van der Waals surface area contributed by atoms with Crippen LogP contribution in [0.25, 0.3) is 0 Å². The van der Waals surface area contributed by atoms with Crippen LogP contribution in [0.3, 0.4) is 0 Å². The lowest BCUT2D eigenvalue weighted by Gasteiger charge is -2.33. The van der Waals surface area contributed by atoms with Crippen LogP contribution in [0.2, 0.25) is 0 Å². The summed E-state index contributed by atoms with van der Waals surface area (Å²) in [4.78, 5) is 0. The molecule has 5 heteroatoms. The van der Waals surface area contributed by atoms with Gasteiger partial charge in [-0.25, -0.2) is 0 Å². The minimum absolute atomic E-state index is 0.0892. The topological polar surface area (TPSA) is 90.2 Å². The number of aliphatic hydroxyl groups excluding tert-OH is 4. The van der Waals surface area contributed by atoms with Crippen LogP contribution in [0.5, 0.6) is 0 Å². The molecule has 1 fully saturated rings. The second-order valence-corrected chi connectivity index (χ2v) is 2.44. The minimum Gasteiger partial charge on any atom is -0.394 e. The summed E-state index contributed by atoms with van der Waals surface area (Å²) in [6, 6.07) is 0. The van der Waals surface area contributed by atoms with E-state index in [0.29, 0.717) is 0 Å². The molecule has 0 aliphatic carbocycles. The summed E-state index contributed by atoms with van der Waals surface area (Å²) in [5, 5.41) is 35.5. The van der Waals surface area contributed by atoms with E-state index in [4.69, 9.17) is 25.2 Å². The van der Waals surface area contributed by atoms with Gasteiger partial charge in [0.15, 0.2) is 6.10 Å². The van der Waals surface area contributed by atoms with Gasteiger partial charge in [0.25, 0.3) is 0 Å². The molecule has 1 heterocycles. The second kappa shape index (κ2) is 3.46. The highest BCUT2D eigenvalue weighted by Crippen LogP contribution is 2.20. The van der Waals surface area contributed by atoms with E-state index < -0.39 is 24.4 Å². The van der Waals surface area contributed by atoms with E-state index in [0.717, 1.165) is 0 Å². The molecule has 0 amide bonds. The Balaban J connectivity index is 2.52. The Morgan fingerprint density at radius 3 is 2.64 bits per heavy atom. The minimum atomic E-state index is -1.29. The molecular formula is C6H11O5. The zero-order valence-electron chi connectivity index (χ0n) is 5.84. The van der Waals surface area contributed by atoms with Gasteiger partial charge in [-0.05, 0) is 0 Å². The van der Waals surface area contributed by atoms with Crippen molar-refractivity contribution in [1.29, 1.82) is 0 Å². The Morgan fingerprint density at radius 1 is 1.45 bits per heavy atom. The van der Waals surface area contributed by atoms with Crippen LogP contribution in [0, 0.1) is 6.10 Å². The van der Waals surface area contributed by atoms with Crippen molar-refractivity contribution in [3.05, 3.63) is 6.10 Å². The first kappa shape index (κ1) is 8.89. The first-order valence-electron chi connectivity index (χ1n) is 3.31. The van der Waals surface area contributed by atoms with E-state index in [1.54, 1.807) is 0 Å². The molecule has 0 bridgehead atoms. The third-order valence-corrected chi connectivity index (χ3v) is 1.64. The van der Waals surface area contributed by atoms with E-state index in [1.807, 2.05) is 0 Å². The standard InChI is InChI=1S/C6H11O5/c7-1-4-6(10)5(9)3(8)2-11-4/h3-4,6-10H,1-2H2/t3-,4+,6-/m1/s1. The molecule has 0 aromatic carbocycles. The van der Waals surface area contributed by atoms with E-state index in [9.17, 15) is 0 Å². The van der Waals surface area contributed by atoms with E-state index in [-0.39, 0.29) is 13.2 Å². The van der Waals surface area contributed by atoms with Crippen molar-refractivity contribution in [2.45, 2.75) is 18.3 Å². The number of aliphatic hydroxyl groups is 4. The Bertz CT molecular complexity index is 126. The monoisotopic (exact) mass is 163 g/mol. The van der Waals surface area contributed by atoms with E-state index in [1.165, 1.54) is 0 Å². The fourth-order valence-electron chi connectivity index (χ4n) is 0.931. The average Bonchev–Trinajstić information content (AvgIpc) is 2.01. The number of rotatable bonds is 1. The zero-order chi connectivity index (χ0) is 8.43. The summed E-state index contributed by atoms with van der Waals surface area (Å²) < 4.78 is 4.79. The predicted molar refractivity (Wildman–Crippen MR) is 34.0 cm³/mol. The highest BCUT2D eigenvalue weighted by Gasteiger charge is 2.37. The molecule has 1 aliphatic rings. The van der Waals surface area contributed by atoms with Crippen molar-refractivity contribution >= 4 is 0 Å². The van der Waals surface area contributed by atoms with Crippen molar-refractivity contribution in [1.82, 2.24) is 0 Å². The van der Waals surface area contributed by atoms with Crippen molar-refractivity contribution in [3.63, 3.8) is 0 Å². The molecule has 1 radical (unpaired) electrons. The predicted octanol–water partition coefficient (Wildman–Crippen LogP) is -2.00. The van der Waals surface area contributed by atoms with Crippen molar-refractivity contribution in [3.8, 4) is 0 Å². The van der Waals surface area contributed by atoms with Crippen molar-refractivity contribution in [2.75, 3.05) is 13.2 Å². The van der Waals surface area contributed by atoms with Crippen LogP contribution in [0.1, 0.15) is 0 Å². The summed E-state index contributed by atoms with van der Waals surface area (Å²) in [6.45, 7) is -0.466. The fourth-order valence-corrected chi connectivity index (χ4v) is 0.931. The van der Waals surface area contributed by atoms with Gasteiger partial charge in [0.05, 0.1) is 13.2 Å². The van der Waals surface area contributed by atoms with Crippen LogP contribution in [-0.2, 0) is 4.74 Å². The lowest BCUT2D eigenvalue weighted by molar-refractivity contribution is -0.153. The highest BCUT2D eigenvalue weighted by atomic mass is 16.5. The molecule has 0 spiro atoms. The maximum absolute atomic E-state index is 9.08. The largest absolute Gasteiger partial charge is 0.394 e. The Morgan fingerprint density at radius 2 is 2.09 bits per heavy atom. The van der Waals surface area contributed by atoms with Gasteiger partial charge in [0, 0.05) is 0 Å². The van der Waals surface area contributed by atoms with Crippen LogP contribution in [0.15, 0.2) is 0 Å². The molecule has 1 rings (SSSR count). The Kier molecular flexibility index (Phi) is 2.80. The van der Waals surface area contributed by atoms with Crippen LogP contribution >= 0.6 is 0 Å². The Hall–Kier alpha value is -0.200. The third-order valence-electron chi connectivity index (χ3n) is 1.64. The third kappa shape index (κ3) is 1.69. The SMILES string of the molecule is OC[C@@H]1OC[C@@H](O)[C](O)[C@@H]1O. The molecule has 1 saturated heterocycles. The van der Waals surface area contributed by atoms with Gasteiger partial charge in [-0.15, -0.1) is 0 Å². The van der Waals surface area contributed by atoms with Gasteiger partial charge in [0.1, 0.15) is 18.3 Å². The molecule has 0 saturated carbocycles. The lowest BCUT2D eigenvalue weighted by Crippen LogP contribution is -2.49. The fraction of sp³-hybridized carbons (Fsp3) is 0.833. The first-order valence-corrected chi connectivity index (χ1v) is 3.31. The molecular weight excluding hydrogens is 152 g/mol. The van der Waals surface area contributed by atoms with Crippen LogP contribution in [0.4, 0.5) is 0 Å². The van der Waals surface area contributed by atoms with Gasteiger partial charge in [-0.2, -0.15) is 0 Å². The molecule has 65 valence electrons. The number of hydrogen-bond acceptors (Lipinski definition) is 5. The summed E-state index contributed by atoms with van der Waals surface area (Å²) >= 11 is 0. The average molecular weight is 163 g/mol. The second-order valence-electron chi connectivity index (χ2n) is 2.44. The quantitative estimate of drug-likeness (QED) is 0.359. The first-order chi connectivity index (χ1) is 5.16. The van der Waals surface area contributed by atoms with Crippen LogP contribution in [-0.4, -0.2) is 52.0 Å². The molecule has 3 atom stereocenters. The maximum atomic E-state index is 9.08. The molecule has 0 unspecified atom stereocenters. The molecule has 5 nitrogen and oxygen atoms in total. The number of ether oxygens (including phenoxy) is 1. The number of hydrogen-bond donors (Lipinski definition) is 4. The highest BCUT2D eigenvalue weighted by molar-refractivity contribution is 4.99. The summed E-state index contributed by atoms with van der Waals surface area (Å²) in [7, 11) is 0. The van der Waals surface area contributed by atoms with Gasteiger partial charge in [-0.3, -0.25) is 0 Å². The van der Waals surface area contributed by atoms with E-state index >= 15 is 0 Å². The smallest absolute Gasteiger partial charge is 0.155 e. The molecule has 1 aliphatic heterocycles. The molecule has 0 aromatic rings. The summed E-state index contributed by atoms with van der Waals surface area (Å²) in [6.07, 6.45) is -3.69. The maximum Gasteiger partial charge on any atom is 0.155 e. The summed E-state index contributed by atoms with van der Waals surface area (Å²) in [5.74, 6) is 0. The van der Waals surface area contributed by atoms with Crippen molar-refractivity contribution < 1.29 is 25.2 Å². The normalized spacial score (nSPS) is 40.9. The zero-order valence-corrected chi connectivity index (χ0v) is 5.84. The van der Waals surface area contributed by atoms with E-state index in [2.05, 4.69) is 0 Å².